The average Bonchev–Trinajstić information content (AvgIpc) is 2.80. The quantitative estimate of drug-likeness (QED) is 0.246. The number of benzene rings is 1. The van der Waals surface area contributed by atoms with E-state index < -0.39 is 36.2 Å². The molecule has 0 aromatic heterocycles. The minimum atomic E-state index is -0.797. The predicted molar refractivity (Wildman–Crippen MR) is 150 cm³/mol. The van der Waals surface area contributed by atoms with Crippen molar-refractivity contribution in [2.24, 2.45) is 10.8 Å². The summed E-state index contributed by atoms with van der Waals surface area (Å²) in [5, 5.41) is 3.05. The van der Waals surface area contributed by atoms with Crippen molar-refractivity contribution in [2.45, 2.75) is 106 Å². The van der Waals surface area contributed by atoms with Crippen molar-refractivity contribution in [1.82, 2.24) is 5.32 Å². The minimum Gasteiger partial charge on any atom is -0.468 e. The van der Waals surface area contributed by atoms with Crippen molar-refractivity contribution in [3.63, 3.8) is 0 Å². The normalized spacial score (nSPS) is 13.9. The molecule has 1 aromatic carbocycles. The van der Waals surface area contributed by atoms with Crippen molar-refractivity contribution in [1.29, 1.82) is 0 Å². The molecule has 0 aliphatic rings. The topological polar surface area (TPSA) is 126 Å². The number of methoxy groups -OCH3 is 1. The van der Waals surface area contributed by atoms with Gasteiger partial charge >= 0.3 is 24.1 Å². The maximum absolute atomic E-state index is 12.6. The van der Waals surface area contributed by atoms with Gasteiger partial charge in [-0.2, -0.15) is 0 Å². The lowest BCUT2D eigenvalue weighted by atomic mass is 9.92. The highest BCUT2D eigenvalue weighted by molar-refractivity contribution is 5.78. The van der Waals surface area contributed by atoms with E-state index in [0.29, 0.717) is 12.0 Å². The second kappa shape index (κ2) is 15.6. The molecule has 0 amide bonds. The first-order chi connectivity index (χ1) is 18.4. The van der Waals surface area contributed by atoms with E-state index in [1.807, 2.05) is 48.5 Å². The summed E-state index contributed by atoms with van der Waals surface area (Å²) in [7, 11) is 1.28. The number of carbonyl (C=O) groups excluding carboxylic acids is 4. The molecule has 0 saturated carbocycles. The van der Waals surface area contributed by atoms with Crippen LogP contribution in [0.25, 0.3) is 0 Å². The smallest absolute Gasteiger partial charge is 0.468 e. The van der Waals surface area contributed by atoms with Gasteiger partial charge in [-0.05, 0) is 55.2 Å². The first-order valence-corrected chi connectivity index (χ1v) is 13.6. The van der Waals surface area contributed by atoms with Gasteiger partial charge in [-0.15, -0.1) is 0 Å². The molecule has 10 nitrogen and oxygen atoms in total. The van der Waals surface area contributed by atoms with Gasteiger partial charge in [0.15, 0.2) is 11.5 Å². The lowest BCUT2D eigenvalue weighted by Gasteiger charge is -2.21. The fourth-order valence-electron chi connectivity index (χ4n) is 3.43. The summed E-state index contributed by atoms with van der Waals surface area (Å²) < 4.78 is 26.5. The molecule has 0 radical (unpaired) electrons. The molecule has 2 unspecified atom stereocenters. The Hall–Kier alpha value is -3.14. The minimum absolute atomic E-state index is 0.0853. The number of nitrogens with one attached hydrogen (secondary N) is 1. The predicted octanol–water partition coefficient (Wildman–Crippen LogP) is 5.38. The summed E-state index contributed by atoms with van der Waals surface area (Å²) >= 11 is 0. The van der Waals surface area contributed by atoms with Gasteiger partial charge in [0.05, 0.1) is 20.0 Å². The van der Waals surface area contributed by atoms with Crippen molar-refractivity contribution < 1.29 is 42.9 Å². The van der Waals surface area contributed by atoms with Crippen LogP contribution < -0.4 is 14.8 Å². The van der Waals surface area contributed by atoms with Crippen LogP contribution >= 0.6 is 0 Å². The Morgan fingerprint density at radius 2 is 1.35 bits per heavy atom. The second-order valence-corrected chi connectivity index (χ2v) is 12.4. The SMILES string of the molecule is CCC(C)OC(=O)OC(C)CN[C@@H](Cc1ccc(OC(=O)CC(C)(C)C)c(OC(=O)CC(C)(C)C)c1)C(=O)OC. The van der Waals surface area contributed by atoms with Crippen LogP contribution in [-0.4, -0.2) is 56.0 Å². The average molecular weight is 566 g/mol. The summed E-state index contributed by atoms with van der Waals surface area (Å²) in [6.07, 6.45) is -0.484. The number of rotatable bonds is 13. The molecule has 226 valence electrons. The molecule has 0 spiro atoms. The molecule has 1 aromatic rings. The molecular formula is C30H47NO9. The largest absolute Gasteiger partial charge is 0.508 e. The van der Waals surface area contributed by atoms with Crippen molar-refractivity contribution in [3.8, 4) is 11.5 Å². The zero-order chi connectivity index (χ0) is 30.7. The summed E-state index contributed by atoms with van der Waals surface area (Å²) in [5.74, 6) is -1.26. The van der Waals surface area contributed by atoms with Gasteiger partial charge < -0.3 is 29.0 Å². The van der Waals surface area contributed by atoms with Gasteiger partial charge in [0, 0.05) is 6.54 Å². The van der Waals surface area contributed by atoms with E-state index in [1.165, 1.54) is 7.11 Å². The highest BCUT2D eigenvalue weighted by Gasteiger charge is 2.25. The van der Waals surface area contributed by atoms with Gasteiger partial charge in [0.2, 0.25) is 0 Å². The Morgan fingerprint density at radius 1 is 0.825 bits per heavy atom. The van der Waals surface area contributed by atoms with E-state index in [1.54, 1.807) is 32.0 Å². The molecule has 0 fully saturated rings. The van der Waals surface area contributed by atoms with Crippen LogP contribution in [0.4, 0.5) is 4.79 Å². The zero-order valence-electron chi connectivity index (χ0n) is 25.7. The van der Waals surface area contributed by atoms with Crippen LogP contribution in [0.15, 0.2) is 18.2 Å². The van der Waals surface area contributed by atoms with Crippen LogP contribution in [0.5, 0.6) is 11.5 Å². The molecule has 0 aliphatic heterocycles. The molecule has 1 N–H and O–H groups in total. The third-order valence-electron chi connectivity index (χ3n) is 5.55. The number of esters is 3. The Kier molecular flexibility index (Phi) is 13.6. The molecule has 1 rings (SSSR count). The maximum atomic E-state index is 12.6. The van der Waals surface area contributed by atoms with Gasteiger partial charge in [-0.3, -0.25) is 14.4 Å². The fraction of sp³-hybridized carbons (Fsp3) is 0.667. The van der Waals surface area contributed by atoms with E-state index in [-0.39, 0.29) is 54.2 Å². The third-order valence-corrected chi connectivity index (χ3v) is 5.55. The Labute approximate surface area is 238 Å². The van der Waals surface area contributed by atoms with E-state index in [2.05, 4.69) is 5.32 Å². The van der Waals surface area contributed by atoms with E-state index >= 15 is 0 Å². The fourth-order valence-corrected chi connectivity index (χ4v) is 3.43. The molecule has 40 heavy (non-hydrogen) atoms. The van der Waals surface area contributed by atoms with Crippen molar-refractivity contribution >= 4 is 24.1 Å². The first-order valence-electron chi connectivity index (χ1n) is 13.6. The van der Waals surface area contributed by atoms with Crippen LogP contribution in [0, 0.1) is 10.8 Å². The van der Waals surface area contributed by atoms with Crippen LogP contribution in [0.1, 0.15) is 87.1 Å². The standard InChI is InChI=1S/C30H47NO9/c1-11-19(2)37-28(35)38-20(3)18-31-22(27(34)36-10)14-21-12-13-23(39-25(32)16-29(4,5)6)24(15-21)40-26(33)17-30(7,8)9/h12-13,15,19-20,22,31H,11,14,16-18H2,1-10H3/t19?,20?,22-/m0/s1. The van der Waals surface area contributed by atoms with Gasteiger partial charge in [0.1, 0.15) is 18.2 Å². The summed E-state index contributed by atoms with van der Waals surface area (Å²) in [6.45, 7) is 17.0. The van der Waals surface area contributed by atoms with E-state index in [9.17, 15) is 19.2 Å². The lowest BCUT2D eigenvalue weighted by Crippen LogP contribution is -2.43. The molecule has 0 saturated heterocycles. The Bertz CT molecular complexity index is 1010. The lowest BCUT2D eigenvalue weighted by molar-refractivity contribution is -0.143. The number of carbonyl (C=O) groups is 4. The summed E-state index contributed by atoms with van der Waals surface area (Å²) in [6, 6.07) is 4.00. The van der Waals surface area contributed by atoms with Crippen LogP contribution in [0.2, 0.25) is 0 Å². The molecular weight excluding hydrogens is 518 g/mol. The van der Waals surface area contributed by atoms with Crippen LogP contribution in [0.3, 0.4) is 0 Å². The molecule has 10 heteroatoms. The molecule has 0 bridgehead atoms. The molecule has 3 atom stereocenters. The third kappa shape index (κ3) is 14.3. The van der Waals surface area contributed by atoms with Crippen molar-refractivity contribution in [2.75, 3.05) is 13.7 Å². The van der Waals surface area contributed by atoms with E-state index in [4.69, 9.17) is 23.7 Å². The van der Waals surface area contributed by atoms with Crippen molar-refractivity contribution in [3.05, 3.63) is 23.8 Å². The number of hydrogen-bond acceptors (Lipinski definition) is 10. The Balaban J connectivity index is 3.09. The molecule has 0 aliphatic carbocycles. The molecule has 0 heterocycles. The van der Waals surface area contributed by atoms with Crippen LogP contribution in [-0.2, 0) is 35.0 Å². The highest BCUT2D eigenvalue weighted by Crippen LogP contribution is 2.32. The van der Waals surface area contributed by atoms with Gasteiger partial charge in [-0.25, -0.2) is 4.79 Å². The second-order valence-electron chi connectivity index (χ2n) is 12.4. The zero-order valence-corrected chi connectivity index (χ0v) is 25.7. The maximum Gasteiger partial charge on any atom is 0.508 e. The number of ether oxygens (including phenoxy) is 5. The van der Waals surface area contributed by atoms with Gasteiger partial charge in [0.25, 0.3) is 0 Å². The first kappa shape index (κ1) is 34.9. The number of hydrogen-bond donors (Lipinski definition) is 1. The summed E-state index contributed by atoms with van der Waals surface area (Å²) in [5.41, 5.74) is 0.0322. The van der Waals surface area contributed by atoms with E-state index in [0.717, 1.165) is 0 Å². The summed E-state index contributed by atoms with van der Waals surface area (Å²) in [4.78, 5) is 49.6. The monoisotopic (exact) mass is 565 g/mol. The highest BCUT2D eigenvalue weighted by atomic mass is 16.7. The Morgan fingerprint density at radius 3 is 1.85 bits per heavy atom. The van der Waals surface area contributed by atoms with Gasteiger partial charge in [-0.1, -0.05) is 54.5 Å².